The van der Waals surface area contributed by atoms with Gasteiger partial charge in [-0.15, -0.1) is 10.2 Å². The second-order valence-electron chi connectivity index (χ2n) is 5.25. The molecule has 0 saturated heterocycles. The van der Waals surface area contributed by atoms with E-state index in [4.69, 9.17) is 17.3 Å². The number of fused-ring (bicyclic) bond motifs is 1. The van der Waals surface area contributed by atoms with Crippen LogP contribution in [0.5, 0.6) is 0 Å². The van der Waals surface area contributed by atoms with Crippen molar-refractivity contribution in [2.45, 2.75) is 26.1 Å². The second-order valence-corrected chi connectivity index (χ2v) is 5.69. The van der Waals surface area contributed by atoms with E-state index < -0.39 is 23.7 Å². The molecule has 2 heterocycles. The number of aromatic nitrogens is 3. The molecule has 2 aromatic rings. The number of hydrogen-bond donors (Lipinski definition) is 1. The largest absolute Gasteiger partial charge is 0.368 e. The molecule has 0 fully saturated rings. The molecule has 23 heavy (non-hydrogen) atoms. The minimum Gasteiger partial charge on any atom is -0.368 e. The van der Waals surface area contributed by atoms with Crippen molar-refractivity contribution in [2.75, 3.05) is 0 Å². The van der Waals surface area contributed by atoms with Gasteiger partial charge in [0.15, 0.2) is 5.82 Å². The summed E-state index contributed by atoms with van der Waals surface area (Å²) in [6.45, 7) is 1.89. The predicted molar refractivity (Wildman–Crippen MR) is 79.0 cm³/mol. The maximum absolute atomic E-state index is 13.9. The lowest BCUT2D eigenvalue weighted by molar-refractivity contribution is -0.123. The molecule has 0 spiro atoms. The van der Waals surface area contributed by atoms with Crippen LogP contribution in [-0.2, 0) is 17.9 Å². The molecule has 1 aliphatic rings. The zero-order chi connectivity index (χ0) is 16.7. The van der Waals surface area contributed by atoms with E-state index in [1.165, 1.54) is 17.0 Å². The topological polar surface area (TPSA) is 94.1 Å². The third-order valence-corrected chi connectivity index (χ3v) is 4.04. The molecule has 0 aliphatic carbocycles. The highest BCUT2D eigenvalue weighted by Gasteiger charge is 2.36. The van der Waals surface area contributed by atoms with Gasteiger partial charge in [-0.1, -0.05) is 11.6 Å². The standard InChI is InChI=1S/C14H13ClFN5O2/c1-7-18-19-12-6-21(11(13(17)22)5-20(7)12)14(23)9-4-8(15)2-3-10(9)16/h2-4,11H,5-6H2,1H3,(H2,17,22). The molecule has 1 aromatic carbocycles. The Hall–Kier alpha value is -2.48. The molecular formula is C14H13ClFN5O2. The van der Waals surface area contributed by atoms with Crippen LogP contribution in [0, 0.1) is 12.7 Å². The zero-order valence-electron chi connectivity index (χ0n) is 12.2. The van der Waals surface area contributed by atoms with E-state index in [0.29, 0.717) is 11.6 Å². The van der Waals surface area contributed by atoms with Gasteiger partial charge in [0.2, 0.25) is 5.91 Å². The van der Waals surface area contributed by atoms with Crippen LogP contribution in [0.25, 0.3) is 0 Å². The van der Waals surface area contributed by atoms with Gasteiger partial charge in [-0.25, -0.2) is 4.39 Å². The normalized spacial score (nSPS) is 17.0. The molecule has 1 aromatic heterocycles. The van der Waals surface area contributed by atoms with E-state index in [2.05, 4.69) is 10.2 Å². The molecule has 1 atom stereocenters. The highest BCUT2D eigenvalue weighted by Crippen LogP contribution is 2.23. The fourth-order valence-corrected chi connectivity index (χ4v) is 2.76. The molecule has 2 N–H and O–H groups in total. The van der Waals surface area contributed by atoms with Crippen molar-refractivity contribution >= 4 is 23.4 Å². The first-order chi connectivity index (χ1) is 10.9. The Labute approximate surface area is 135 Å². The van der Waals surface area contributed by atoms with Gasteiger partial charge in [0.05, 0.1) is 18.7 Å². The van der Waals surface area contributed by atoms with Crippen molar-refractivity contribution in [3.63, 3.8) is 0 Å². The Morgan fingerprint density at radius 3 is 2.83 bits per heavy atom. The summed E-state index contributed by atoms with van der Waals surface area (Å²) in [5.74, 6) is -0.936. The summed E-state index contributed by atoms with van der Waals surface area (Å²) in [4.78, 5) is 25.6. The van der Waals surface area contributed by atoms with E-state index in [-0.39, 0.29) is 23.7 Å². The smallest absolute Gasteiger partial charge is 0.258 e. The molecular weight excluding hydrogens is 325 g/mol. The molecule has 7 nitrogen and oxygen atoms in total. The number of nitrogens with zero attached hydrogens (tertiary/aromatic N) is 4. The fourth-order valence-electron chi connectivity index (χ4n) is 2.59. The van der Waals surface area contributed by atoms with E-state index >= 15 is 0 Å². The van der Waals surface area contributed by atoms with Crippen molar-refractivity contribution in [2.24, 2.45) is 5.73 Å². The lowest BCUT2D eigenvalue weighted by atomic mass is 10.1. The SMILES string of the molecule is Cc1nnc2n1CC(C(N)=O)N(C(=O)c1cc(Cl)ccc1F)C2. The molecule has 9 heteroatoms. The minimum absolute atomic E-state index is 0.0131. The van der Waals surface area contributed by atoms with E-state index in [9.17, 15) is 14.0 Å². The molecule has 0 radical (unpaired) electrons. The first-order valence-electron chi connectivity index (χ1n) is 6.82. The van der Waals surface area contributed by atoms with Gasteiger partial charge < -0.3 is 15.2 Å². The molecule has 3 rings (SSSR count). The summed E-state index contributed by atoms with van der Waals surface area (Å²) in [6.07, 6.45) is 0. The number of benzene rings is 1. The lowest BCUT2D eigenvalue weighted by Crippen LogP contribution is -2.53. The third-order valence-electron chi connectivity index (χ3n) is 3.80. The fraction of sp³-hybridized carbons (Fsp3) is 0.286. The van der Waals surface area contributed by atoms with Crippen molar-refractivity contribution < 1.29 is 14.0 Å². The molecule has 2 amide bonds. The lowest BCUT2D eigenvalue weighted by Gasteiger charge is -2.34. The Kier molecular flexibility index (Phi) is 3.77. The number of carbonyl (C=O) groups excluding carboxylic acids is 2. The molecule has 0 saturated carbocycles. The number of halogens is 2. The van der Waals surface area contributed by atoms with Gasteiger partial charge in [0, 0.05) is 5.02 Å². The van der Waals surface area contributed by atoms with Crippen LogP contribution in [0.4, 0.5) is 4.39 Å². The first-order valence-corrected chi connectivity index (χ1v) is 7.20. The minimum atomic E-state index is -0.914. The van der Waals surface area contributed by atoms with Crippen molar-refractivity contribution in [3.05, 3.63) is 46.3 Å². The van der Waals surface area contributed by atoms with Crippen LogP contribution in [0.2, 0.25) is 5.02 Å². The molecule has 120 valence electrons. The Morgan fingerprint density at radius 2 is 2.13 bits per heavy atom. The van der Waals surface area contributed by atoms with Crippen LogP contribution in [0.1, 0.15) is 22.0 Å². The van der Waals surface area contributed by atoms with E-state index in [0.717, 1.165) is 6.07 Å². The van der Waals surface area contributed by atoms with Crippen LogP contribution in [0.15, 0.2) is 18.2 Å². The molecule has 1 aliphatic heterocycles. The van der Waals surface area contributed by atoms with E-state index in [1.807, 2.05) is 0 Å². The summed E-state index contributed by atoms with van der Waals surface area (Å²) < 4.78 is 15.7. The number of amides is 2. The average Bonchev–Trinajstić information content (AvgIpc) is 2.88. The summed E-state index contributed by atoms with van der Waals surface area (Å²) in [7, 11) is 0. The third kappa shape index (κ3) is 2.65. The monoisotopic (exact) mass is 337 g/mol. The highest BCUT2D eigenvalue weighted by atomic mass is 35.5. The number of carbonyl (C=O) groups is 2. The number of hydrogen-bond acceptors (Lipinski definition) is 4. The maximum atomic E-state index is 13.9. The molecule has 0 bridgehead atoms. The van der Waals surface area contributed by atoms with Gasteiger partial charge in [0.1, 0.15) is 17.7 Å². The first kappa shape index (κ1) is 15.4. The van der Waals surface area contributed by atoms with Crippen molar-refractivity contribution in [1.29, 1.82) is 0 Å². The van der Waals surface area contributed by atoms with Crippen molar-refractivity contribution in [3.8, 4) is 0 Å². The Morgan fingerprint density at radius 1 is 1.39 bits per heavy atom. The van der Waals surface area contributed by atoms with Gasteiger partial charge in [-0.2, -0.15) is 0 Å². The summed E-state index contributed by atoms with van der Waals surface area (Å²) in [5.41, 5.74) is 5.20. The number of aryl methyl sites for hydroxylation is 1. The second kappa shape index (κ2) is 5.62. The van der Waals surface area contributed by atoms with Crippen LogP contribution in [0.3, 0.4) is 0 Å². The summed E-state index contributed by atoms with van der Waals surface area (Å²) in [6, 6.07) is 2.76. The zero-order valence-corrected chi connectivity index (χ0v) is 12.9. The van der Waals surface area contributed by atoms with Gasteiger partial charge in [-0.05, 0) is 25.1 Å². The quantitative estimate of drug-likeness (QED) is 0.880. The van der Waals surface area contributed by atoms with E-state index in [1.54, 1.807) is 11.5 Å². The number of primary amides is 1. The summed E-state index contributed by atoms with van der Waals surface area (Å²) >= 11 is 5.83. The summed E-state index contributed by atoms with van der Waals surface area (Å²) in [5, 5.41) is 8.10. The van der Waals surface area contributed by atoms with Gasteiger partial charge in [-0.3, -0.25) is 9.59 Å². The van der Waals surface area contributed by atoms with Crippen LogP contribution in [-0.4, -0.2) is 37.5 Å². The highest BCUT2D eigenvalue weighted by molar-refractivity contribution is 6.31. The maximum Gasteiger partial charge on any atom is 0.258 e. The Balaban J connectivity index is 2.01. The van der Waals surface area contributed by atoms with Gasteiger partial charge in [0.25, 0.3) is 5.91 Å². The van der Waals surface area contributed by atoms with Crippen LogP contribution >= 0.6 is 11.6 Å². The van der Waals surface area contributed by atoms with Crippen molar-refractivity contribution in [1.82, 2.24) is 19.7 Å². The average molecular weight is 338 g/mol. The van der Waals surface area contributed by atoms with Gasteiger partial charge >= 0.3 is 0 Å². The Bertz CT molecular complexity index is 806. The molecule has 1 unspecified atom stereocenters. The number of rotatable bonds is 2. The predicted octanol–water partition coefficient (Wildman–Crippen LogP) is 0.889. The van der Waals surface area contributed by atoms with Crippen LogP contribution < -0.4 is 5.73 Å². The number of nitrogens with two attached hydrogens (primary N) is 1.